The molecule has 0 bridgehead atoms. The minimum atomic E-state index is -0.427. The lowest BCUT2D eigenvalue weighted by Crippen LogP contribution is -2.47. The van der Waals surface area contributed by atoms with Crippen LogP contribution in [-0.2, 0) is 4.79 Å². The number of likely N-dealkylation sites (tertiary alicyclic amines) is 1. The summed E-state index contributed by atoms with van der Waals surface area (Å²) in [5.74, 6) is 0.298. The van der Waals surface area contributed by atoms with Gasteiger partial charge in [-0.3, -0.25) is 9.59 Å². The lowest BCUT2D eigenvalue weighted by molar-refractivity contribution is -0.124. The summed E-state index contributed by atoms with van der Waals surface area (Å²) in [6.45, 7) is 3.31. The summed E-state index contributed by atoms with van der Waals surface area (Å²) in [5, 5.41) is 2.95. The van der Waals surface area contributed by atoms with Crippen molar-refractivity contribution in [2.75, 3.05) is 26.3 Å². The fourth-order valence-corrected chi connectivity index (χ4v) is 3.29. The molecule has 0 aromatic heterocycles. The number of halogens is 1. The van der Waals surface area contributed by atoms with E-state index in [0.717, 1.165) is 0 Å². The number of carbonyl (C=O) groups excluding carboxylic acids is 2. The fraction of sp³-hybridized carbons (Fsp3) is 0.364. The Morgan fingerprint density at radius 1 is 1.07 bits per heavy atom. The van der Waals surface area contributed by atoms with Crippen LogP contribution >= 0.6 is 0 Å². The third-order valence-electron chi connectivity index (χ3n) is 4.73. The van der Waals surface area contributed by atoms with Crippen LogP contribution in [0.1, 0.15) is 30.1 Å². The molecule has 7 heteroatoms. The lowest BCUT2D eigenvalue weighted by Gasteiger charge is -2.32. The normalized spacial score (nSPS) is 14.3. The Morgan fingerprint density at radius 3 is 2.41 bits per heavy atom. The van der Waals surface area contributed by atoms with Crippen LogP contribution in [-0.4, -0.2) is 49.1 Å². The molecule has 154 valence electrons. The Bertz CT molecular complexity index is 850. The first kappa shape index (κ1) is 20.6. The van der Waals surface area contributed by atoms with Crippen LogP contribution in [0.2, 0.25) is 0 Å². The van der Waals surface area contributed by atoms with Gasteiger partial charge in [0, 0.05) is 24.7 Å². The smallest absolute Gasteiger partial charge is 0.258 e. The molecular formula is C22H25FN2O4. The summed E-state index contributed by atoms with van der Waals surface area (Å²) in [4.78, 5) is 26.4. The van der Waals surface area contributed by atoms with Gasteiger partial charge in [0.05, 0.1) is 6.61 Å². The molecule has 0 atom stereocenters. The zero-order valence-electron chi connectivity index (χ0n) is 16.4. The maximum atomic E-state index is 13.3. The third-order valence-corrected chi connectivity index (χ3v) is 4.73. The van der Waals surface area contributed by atoms with Crippen LogP contribution < -0.4 is 14.8 Å². The standard InChI is InChI=1S/C22H25FN2O4/c1-2-28-19-8-3-4-9-20(19)29-15-21(26)24-18-10-12-25(13-11-18)22(27)16-6-5-7-17(23)14-16/h3-9,14,18H,2,10-13,15H2,1H3,(H,24,26). The van der Waals surface area contributed by atoms with Crippen LogP contribution in [0.25, 0.3) is 0 Å². The number of nitrogens with zero attached hydrogens (tertiary/aromatic N) is 1. The van der Waals surface area contributed by atoms with Crippen molar-refractivity contribution in [2.24, 2.45) is 0 Å². The second-order valence-corrected chi connectivity index (χ2v) is 6.81. The highest BCUT2D eigenvalue weighted by molar-refractivity contribution is 5.94. The monoisotopic (exact) mass is 400 g/mol. The zero-order chi connectivity index (χ0) is 20.6. The van der Waals surface area contributed by atoms with Gasteiger partial charge in [-0.2, -0.15) is 0 Å². The van der Waals surface area contributed by atoms with Crippen LogP contribution in [0, 0.1) is 5.82 Å². The van der Waals surface area contributed by atoms with Crippen LogP contribution in [0.4, 0.5) is 4.39 Å². The van der Waals surface area contributed by atoms with Gasteiger partial charge < -0.3 is 19.7 Å². The highest BCUT2D eigenvalue weighted by Gasteiger charge is 2.25. The van der Waals surface area contributed by atoms with Crippen molar-refractivity contribution in [2.45, 2.75) is 25.8 Å². The number of ether oxygens (including phenoxy) is 2. The van der Waals surface area contributed by atoms with E-state index in [1.54, 1.807) is 23.1 Å². The molecular weight excluding hydrogens is 375 g/mol. The number of rotatable bonds is 7. The molecule has 1 aliphatic rings. The van der Waals surface area contributed by atoms with Gasteiger partial charge in [0.2, 0.25) is 0 Å². The van der Waals surface area contributed by atoms with Gasteiger partial charge in [-0.05, 0) is 50.1 Å². The number of para-hydroxylation sites is 2. The molecule has 3 rings (SSSR count). The second-order valence-electron chi connectivity index (χ2n) is 6.81. The average molecular weight is 400 g/mol. The molecule has 0 spiro atoms. The highest BCUT2D eigenvalue weighted by atomic mass is 19.1. The summed E-state index contributed by atoms with van der Waals surface area (Å²) in [6.07, 6.45) is 1.28. The topological polar surface area (TPSA) is 67.9 Å². The Morgan fingerprint density at radius 2 is 1.76 bits per heavy atom. The van der Waals surface area contributed by atoms with E-state index in [9.17, 15) is 14.0 Å². The molecule has 1 aliphatic heterocycles. The first-order valence-electron chi connectivity index (χ1n) is 9.75. The SMILES string of the molecule is CCOc1ccccc1OCC(=O)NC1CCN(C(=O)c2cccc(F)c2)CC1. The van der Waals surface area contributed by atoms with E-state index < -0.39 is 5.82 Å². The molecule has 2 amide bonds. The molecule has 2 aromatic carbocycles. The van der Waals surface area contributed by atoms with Crippen molar-refractivity contribution in [3.63, 3.8) is 0 Å². The van der Waals surface area contributed by atoms with Crippen molar-refractivity contribution in [3.05, 3.63) is 59.9 Å². The Kier molecular flexibility index (Phi) is 7.05. The fourth-order valence-electron chi connectivity index (χ4n) is 3.29. The summed E-state index contributed by atoms with van der Waals surface area (Å²) in [6, 6.07) is 12.9. The number of amides is 2. The van der Waals surface area contributed by atoms with E-state index in [4.69, 9.17) is 9.47 Å². The van der Waals surface area contributed by atoms with Crippen LogP contribution in [0.15, 0.2) is 48.5 Å². The molecule has 0 unspecified atom stereocenters. The maximum absolute atomic E-state index is 13.3. The van der Waals surface area contributed by atoms with E-state index in [1.807, 2.05) is 19.1 Å². The number of hydrogen-bond acceptors (Lipinski definition) is 4. The van der Waals surface area contributed by atoms with E-state index >= 15 is 0 Å². The zero-order valence-corrected chi connectivity index (χ0v) is 16.4. The maximum Gasteiger partial charge on any atom is 0.258 e. The first-order valence-corrected chi connectivity index (χ1v) is 9.75. The molecule has 2 aromatic rings. The van der Waals surface area contributed by atoms with Gasteiger partial charge in [-0.1, -0.05) is 18.2 Å². The molecule has 1 N–H and O–H groups in total. The van der Waals surface area contributed by atoms with E-state index in [2.05, 4.69) is 5.32 Å². The summed E-state index contributed by atoms with van der Waals surface area (Å²) in [5.41, 5.74) is 0.342. The quantitative estimate of drug-likeness (QED) is 0.776. The summed E-state index contributed by atoms with van der Waals surface area (Å²) in [7, 11) is 0. The van der Waals surface area contributed by atoms with Gasteiger partial charge in [-0.15, -0.1) is 0 Å². The molecule has 29 heavy (non-hydrogen) atoms. The Labute approximate surface area is 169 Å². The predicted octanol–water partition coefficient (Wildman–Crippen LogP) is 3.02. The molecule has 0 saturated carbocycles. The van der Waals surface area contributed by atoms with Crippen molar-refractivity contribution < 1.29 is 23.5 Å². The van der Waals surface area contributed by atoms with Crippen LogP contribution in [0.5, 0.6) is 11.5 Å². The molecule has 1 saturated heterocycles. The second kappa shape index (κ2) is 9.91. The molecule has 1 fully saturated rings. The van der Waals surface area contributed by atoms with Gasteiger partial charge >= 0.3 is 0 Å². The Balaban J connectivity index is 1.45. The van der Waals surface area contributed by atoms with Crippen molar-refractivity contribution in [1.82, 2.24) is 10.2 Å². The first-order chi connectivity index (χ1) is 14.1. The van der Waals surface area contributed by atoms with Crippen molar-refractivity contribution in [3.8, 4) is 11.5 Å². The van der Waals surface area contributed by atoms with E-state index in [1.165, 1.54) is 18.2 Å². The van der Waals surface area contributed by atoms with Gasteiger partial charge in [0.15, 0.2) is 18.1 Å². The predicted molar refractivity (Wildman–Crippen MR) is 107 cm³/mol. The Hall–Kier alpha value is -3.09. The minimum absolute atomic E-state index is 0.0233. The highest BCUT2D eigenvalue weighted by Crippen LogP contribution is 2.26. The average Bonchev–Trinajstić information content (AvgIpc) is 2.73. The molecule has 0 aliphatic carbocycles. The van der Waals surface area contributed by atoms with Crippen molar-refractivity contribution >= 4 is 11.8 Å². The summed E-state index contributed by atoms with van der Waals surface area (Å²) < 4.78 is 24.4. The molecule has 0 radical (unpaired) electrons. The number of hydrogen-bond donors (Lipinski definition) is 1. The summed E-state index contributed by atoms with van der Waals surface area (Å²) >= 11 is 0. The lowest BCUT2D eigenvalue weighted by atomic mass is 10.0. The number of piperidine rings is 1. The minimum Gasteiger partial charge on any atom is -0.490 e. The van der Waals surface area contributed by atoms with Gasteiger partial charge in [0.1, 0.15) is 5.82 Å². The van der Waals surface area contributed by atoms with Gasteiger partial charge in [0.25, 0.3) is 11.8 Å². The molecule has 1 heterocycles. The largest absolute Gasteiger partial charge is 0.490 e. The van der Waals surface area contributed by atoms with Gasteiger partial charge in [-0.25, -0.2) is 4.39 Å². The van der Waals surface area contributed by atoms with E-state index in [0.29, 0.717) is 49.6 Å². The number of nitrogens with one attached hydrogen (secondary N) is 1. The number of carbonyl (C=O) groups is 2. The molecule has 6 nitrogen and oxygen atoms in total. The van der Waals surface area contributed by atoms with Crippen LogP contribution in [0.3, 0.4) is 0 Å². The number of benzene rings is 2. The van der Waals surface area contributed by atoms with E-state index in [-0.39, 0.29) is 24.5 Å². The third kappa shape index (κ3) is 5.70. The van der Waals surface area contributed by atoms with Crippen molar-refractivity contribution in [1.29, 1.82) is 0 Å².